The van der Waals surface area contributed by atoms with Crippen LogP contribution in [0.15, 0.2) is 66.6 Å². The minimum Gasteiger partial charge on any atom is -0.480 e. The quantitative estimate of drug-likeness (QED) is 0.0492. The summed E-state index contributed by atoms with van der Waals surface area (Å²) in [6.07, 6.45) is -5.74. The Balaban J connectivity index is 1.19. The lowest BCUT2D eigenvalue weighted by Gasteiger charge is -2.44. The van der Waals surface area contributed by atoms with Crippen LogP contribution >= 0.6 is 0 Å². The lowest BCUT2D eigenvalue weighted by atomic mass is 9.84. The second-order valence-corrected chi connectivity index (χ2v) is 22.9. The number of ether oxygens (including phenoxy) is 1. The molecule has 4 aromatic rings. The van der Waals surface area contributed by atoms with E-state index in [1.165, 1.54) is 19.2 Å². The van der Waals surface area contributed by atoms with Gasteiger partial charge in [0.15, 0.2) is 6.04 Å². The number of H-pyrrole nitrogens is 2. The molecule has 32 nitrogen and oxygen atoms in total. The molecule has 17 atom stereocenters. The summed E-state index contributed by atoms with van der Waals surface area (Å²) < 4.78 is 5.72. The number of rotatable bonds is 11. The molecular formula is C58H73N13O19. The van der Waals surface area contributed by atoms with E-state index in [-0.39, 0.29) is 19.4 Å². The zero-order valence-electron chi connectivity index (χ0n) is 49.4. The third-order valence-electron chi connectivity index (χ3n) is 16.7. The van der Waals surface area contributed by atoms with E-state index < -0.39 is 199 Å². The van der Waals surface area contributed by atoms with Gasteiger partial charge in [-0.15, -0.1) is 0 Å². The van der Waals surface area contributed by atoms with E-state index in [2.05, 4.69) is 52.5 Å². The molecule has 18 N–H and O–H groups in total. The average molecular weight is 1260 g/mol. The molecule has 2 aromatic heterocycles. The largest absolute Gasteiger partial charge is 0.480 e. The van der Waals surface area contributed by atoms with Crippen LogP contribution in [0.5, 0.6) is 0 Å². The highest BCUT2D eigenvalue weighted by Crippen LogP contribution is 2.38. The number of carboxylic acid groups (broad SMARTS) is 1. The molecule has 4 aliphatic rings. The van der Waals surface area contributed by atoms with E-state index in [9.17, 15) is 78.6 Å². The van der Waals surface area contributed by atoms with Crippen molar-refractivity contribution in [3.05, 3.63) is 77.7 Å². The summed E-state index contributed by atoms with van der Waals surface area (Å²) in [5.41, 5.74) is 7.03. The Kier molecular flexibility index (Phi) is 20.7. The molecule has 2 bridgehead atoms. The van der Waals surface area contributed by atoms with Crippen molar-refractivity contribution in [1.82, 2.24) is 62.3 Å². The first kappa shape index (κ1) is 66.6. The fourth-order valence-corrected chi connectivity index (χ4v) is 11.7. The van der Waals surface area contributed by atoms with Gasteiger partial charge in [0.25, 0.3) is 5.91 Å². The van der Waals surface area contributed by atoms with Gasteiger partial charge in [-0.3, -0.25) is 52.7 Å². The molecule has 4 aliphatic heterocycles. The summed E-state index contributed by atoms with van der Waals surface area (Å²) in [6.45, 7) is 4.05. The third-order valence-corrected chi connectivity index (χ3v) is 16.7. The van der Waals surface area contributed by atoms with E-state index in [4.69, 9.17) is 10.5 Å². The van der Waals surface area contributed by atoms with Gasteiger partial charge in [0.05, 0.1) is 44.0 Å². The second-order valence-electron chi connectivity index (χ2n) is 22.9. The fraction of sp³-hybridized carbons (Fsp3) is 0.483. The summed E-state index contributed by atoms with van der Waals surface area (Å²) >= 11 is 0. The molecule has 2 aromatic carbocycles. The van der Waals surface area contributed by atoms with E-state index in [1.54, 1.807) is 61.7 Å². The van der Waals surface area contributed by atoms with Crippen molar-refractivity contribution in [1.29, 1.82) is 0 Å². The number of aliphatic hydroxyl groups excluding tert-OH is 5. The van der Waals surface area contributed by atoms with Crippen LogP contribution in [0.3, 0.4) is 0 Å². The molecule has 0 saturated carbocycles. The zero-order chi connectivity index (χ0) is 65.7. The Hall–Kier alpha value is -9.34. The smallest absolute Gasteiger partial charge is 0.331 e. The third kappa shape index (κ3) is 14.2. The second kappa shape index (κ2) is 28.0. The number of esters is 1. The number of aliphatic hydroxyl groups is 5. The minimum absolute atomic E-state index is 0.150. The van der Waals surface area contributed by atoms with Crippen LogP contribution in [0.25, 0.3) is 27.9 Å². The molecule has 4 fully saturated rings. The molecule has 0 radical (unpaired) electrons. The monoisotopic (exact) mass is 1260 g/mol. The molecule has 10 amide bonds. The van der Waals surface area contributed by atoms with Gasteiger partial charge >= 0.3 is 11.9 Å². The number of carbonyl (C=O) groups is 12. The molecule has 484 valence electrons. The number of benzene rings is 2. The van der Waals surface area contributed by atoms with Crippen LogP contribution in [0.1, 0.15) is 70.9 Å². The van der Waals surface area contributed by atoms with Crippen molar-refractivity contribution < 1.29 is 92.9 Å². The number of carbonyl (C=O) groups excluding carboxylic acids is 11. The first-order valence-corrected chi connectivity index (χ1v) is 29.0. The summed E-state index contributed by atoms with van der Waals surface area (Å²) in [7, 11) is 0. The highest BCUT2D eigenvalue weighted by Gasteiger charge is 2.58. The van der Waals surface area contributed by atoms with Gasteiger partial charge in [-0.05, 0) is 57.4 Å². The van der Waals surface area contributed by atoms with Crippen molar-refractivity contribution in [2.24, 2.45) is 11.7 Å². The fourth-order valence-electron chi connectivity index (χ4n) is 11.7. The van der Waals surface area contributed by atoms with Crippen LogP contribution in [0, 0.1) is 5.92 Å². The maximum Gasteiger partial charge on any atom is 0.331 e. The maximum atomic E-state index is 15.2. The van der Waals surface area contributed by atoms with Crippen LogP contribution in [0.2, 0.25) is 0 Å². The lowest BCUT2D eigenvalue weighted by Crippen LogP contribution is -2.68. The van der Waals surface area contributed by atoms with Crippen molar-refractivity contribution in [3.8, 4) is 0 Å². The van der Waals surface area contributed by atoms with E-state index >= 15 is 9.59 Å². The molecule has 32 heteroatoms. The topological polar surface area (TPSA) is 496 Å². The standard InChI is InChI=1S/C58H73N13O19/c1-23(31-20-61-34-13-9-7-11-30(31)34)42-52(82)69-45-48(78)24(2)37-18-39(75)47(71(37)56(45)86)58(89)90-27(5)44(68-51(81)36(22-72)64-40(76)17-32(59)57(87)88)54(84)67-43(26(4)73)53(83)63-25(3)49(79)62-21-41(77)70-15-14-38(74)46(70)55(85)65-35(50(80)66-42)16-28-19-60-33-12-8-6-10-29(28)33/h6-13,16,19-20,23-27,32,36-39,42-48,60-61,72-75,78H,14-15,17-18,21-22,59H2,1-5H3,(H,62,79)(H,63,83)(H,64,76)(H,65,85)(H,66,80)(H,67,84)(H,68,81)(H,69,82)(H,87,88)/b35-16+/t23-,24?,25+,26+,27-,32+,36+,37?,38+,39-,42+,43+,44+,45+,46+,47+,48+/m1/s1. The first-order chi connectivity index (χ1) is 42.6. The van der Waals surface area contributed by atoms with Gasteiger partial charge in [0.1, 0.15) is 60.1 Å². The Morgan fingerprint density at radius 3 is 2.10 bits per heavy atom. The normalized spacial score (nSPS) is 29.7. The van der Waals surface area contributed by atoms with Crippen LogP contribution in [0.4, 0.5) is 0 Å². The van der Waals surface area contributed by atoms with Crippen LogP contribution < -0.4 is 48.3 Å². The Bertz CT molecular complexity index is 3500. The SMILES string of the molecule is CC1C2C[C@@H](O)[C@H]3C(=O)O[C@H](C)[C@H](NC(=O)[C@H](CO)NC(=O)C[C@H](N)C(=O)O)C(=O)N[C@@H]([C@H](C)O)C(=O)N[C@@H](C)C(=O)NCC(=O)N4CC[C@H](O)[C@H]4C(=O)N/C(=C/c4c[nH]c5ccccc45)C(=O)N[C@@H]([C@H](C)c4c[nH]c5ccccc45)C(=O)N[C@H](C(=O)N23)[C@H]1O. The number of piperidine rings is 1. The molecule has 4 saturated heterocycles. The molecule has 8 rings (SSSR count). The first-order valence-electron chi connectivity index (χ1n) is 29.0. The summed E-state index contributed by atoms with van der Waals surface area (Å²) in [5.74, 6) is -16.6. The number of cyclic esters (lactones) is 1. The van der Waals surface area contributed by atoms with Gasteiger partial charge in [-0.1, -0.05) is 50.2 Å². The zero-order valence-corrected chi connectivity index (χ0v) is 49.4. The highest BCUT2D eigenvalue weighted by atomic mass is 16.5. The predicted molar refractivity (Wildman–Crippen MR) is 312 cm³/mol. The van der Waals surface area contributed by atoms with Gasteiger partial charge in [0, 0.05) is 64.2 Å². The molecule has 0 spiro atoms. The van der Waals surface area contributed by atoms with E-state index in [0.717, 1.165) is 30.6 Å². The number of hydrogen-bond acceptors (Lipinski definition) is 19. The van der Waals surface area contributed by atoms with Gasteiger partial charge in [-0.2, -0.15) is 0 Å². The number of hydrogen-bond donors (Lipinski definition) is 17. The van der Waals surface area contributed by atoms with Gasteiger partial charge < -0.3 is 103 Å². The Morgan fingerprint density at radius 1 is 0.789 bits per heavy atom. The maximum absolute atomic E-state index is 15.2. The van der Waals surface area contributed by atoms with Crippen LogP contribution in [-0.4, -0.2) is 232 Å². The number of para-hydroxylation sites is 2. The van der Waals surface area contributed by atoms with Crippen molar-refractivity contribution in [3.63, 3.8) is 0 Å². The number of aliphatic carboxylic acids is 1. The summed E-state index contributed by atoms with van der Waals surface area (Å²) in [4.78, 5) is 176. The average Bonchev–Trinajstić information content (AvgIpc) is 1.56. The van der Waals surface area contributed by atoms with E-state index in [1.807, 2.05) is 0 Å². The minimum atomic E-state index is -2.18. The number of aromatic amines is 2. The number of carboxylic acids is 1. The molecule has 90 heavy (non-hydrogen) atoms. The molecule has 2 unspecified atom stereocenters. The van der Waals surface area contributed by atoms with Gasteiger partial charge in [-0.25, -0.2) is 4.79 Å². The van der Waals surface area contributed by atoms with Crippen molar-refractivity contribution >= 4 is 98.9 Å². The molecular weight excluding hydrogens is 1180 g/mol. The van der Waals surface area contributed by atoms with Crippen molar-refractivity contribution in [2.75, 3.05) is 19.7 Å². The number of fused-ring (bicyclic) bond motifs is 4. The van der Waals surface area contributed by atoms with Crippen molar-refractivity contribution in [2.45, 2.75) is 151 Å². The number of nitrogens with zero attached hydrogens (tertiary/aromatic N) is 2. The summed E-state index contributed by atoms with van der Waals surface area (Å²) in [6, 6.07) is -3.96. The number of nitrogens with one attached hydrogen (secondary N) is 10. The van der Waals surface area contributed by atoms with Gasteiger partial charge in [0.2, 0.25) is 53.2 Å². The number of nitrogens with two attached hydrogens (primary N) is 1. The number of aromatic nitrogens is 2. The highest BCUT2D eigenvalue weighted by molar-refractivity contribution is 6.07. The Morgan fingerprint density at radius 2 is 1.43 bits per heavy atom. The van der Waals surface area contributed by atoms with E-state index in [0.29, 0.717) is 32.9 Å². The predicted octanol–water partition coefficient (Wildman–Crippen LogP) is -5.62. The molecule has 6 heterocycles. The Labute approximate surface area is 512 Å². The number of amides is 10. The lowest BCUT2D eigenvalue weighted by molar-refractivity contribution is -0.169. The molecule has 0 aliphatic carbocycles. The summed E-state index contributed by atoms with van der Waals surface area (Å²) in [5, 5.41) is 85.2. The van der Waals surface area contributed by atoms with Crippen LogP contribution in [-0.2, 0) is 62.3 Å².